The van der Waals surface area contributed by atoms with Crippen molar-refractivity contribution in [1.82, 2.24) is 35.0 Å². The summed E-state index contributed by atoms with van der Waals surface area (Å²) in [4.78, 5) is 36.2. The van der Waals surface area contributed by atoms with Gasteiger partial charge in [-0.1, -0.05) is 19.9 Å². The lowest BCUT2D eigenvalue weighted by atomic mass is 10.2. The fraction of sp³-hybridized carbons (Fsp3) is 0.615. The van der Waals surface area contributed by atoms with Gasteiger partial charge in [0, 0.05) is 45.3 Å². The zero-order valence-electron chi connectivity index (χ0n) is 21.7. The predicted molar refractivity (Wildman–Crippen MR) is 140 cm³/mol. The van der Waals surface area contributed by atoms with Crippen molar-refractivity contribution >= 4 is 11.7 Å². The van der Waals surface area contributed by atoms with Crippen molar-refractivity contribution in [3.8, 4) is 0 Å². The molecular formula is C26H42N8O. The van der Waals surface area contributed by atoms with Crippen molar-refractivity contribution in [2.45, 2.75) is 52.6 Å². The second-order valence-corrected chi connectivity index (χ2v) is 9.26. The van der Waals surface area contributed by atoms with Gasteiger partial charge in [-0.05, 0) is 56.9 Å². The number of nitrogens with one attached hydrogen (secondary N) is 2. The Labute approximate surface area is 210 Å². The van der Waals surface area contributed by atoms with Crippen LogP contribution in [0.2, 0.25) is 0 Å². The summed E-state index contributed by atoms with van der Waals surface area (Å²) in [5, 5.41) is 3.02. The number of carbonyl (C=O) groups is 1. The Kier molecular flexibility index (Phi) is 11.2. The van der Waals surface area contributed by atoms with E-state index in [0.717, 1.165) is 69.3 Å². The number of aromatic nitrogens is 3. The highest BCUT2D eigenvalue weighted by Gasteiger charge is 2.18. The van der Waals surface area contributed by atoms with Gasteiger partial charge in [0.1, 0.15) is 17.4 Å². The molecule has 0 aliphatic carbocycles. The molecule has 1 aliphatic heterocycles. The van der Waals surface area contributed by atoms with Gasteiger partial charge in [-0.2, -0.15) is 0 Å². The molecule has 1 amide bonds. The summed E-state index contributed by atoms with van der Waals surface area (Å²) >= 11 is 0. The Bertz CT molecular complexity index is 891. The van der Waals surface area contributed by atoms with Gasteiger partial charge in [0.05, 0.1) is 19.6 Å². The second kappa shape index (κ2) is 14.6. The van der Waals surface area contributed by atoms with E-state index in [9.17, 15) is 4.79 Å². The lowest BCUT2D eigenvalue weighted by Crippen LogP contribution is -2.36. The molecule has 1 aliphatic rings. The third-order valence-corrected chi connectivity index (χ3v) is 6.19. The molecule has 0 spiro atoms. The van der Waals surface area contributed by atoms with Gasteiger partial charge in [-0.25, -0.2) is 4.98 Å². The molecule has 2 aromatic rings. The number of hydrogen-bond acceptors (Lipinski definition) is 7. The van der Waals surface area contributed by atoms with Crippen LogP contribution in [0.1, 0.15) is 61.4 Å². The molecule has 9 heteroatoms. The first-order valence-electron chi connectivity index (χ1n) is 13.0. The number of aliphatic imine (C=N–C) groups is 1. The van der Waals surface area contributed by atoms with Crippen LogP contribution < -0.4 is 5.32 Å². The number of unbranched alkanes of at least 4 members (excludes halogenated alkanes) is 1. The molecule has 2 N–H and O–H groups in total. The molecule has 0 atom stereocenters. The summed E-state index contributed by atoms with van der Waals surface area (Å²) in [5.74, 6) is 1.90. The maximum atomic E-state index is 12.5. The molecule has 0 radical (unpaired) electrons. The van der Waals surface area contributed by atoms with Crippen LogP contribution in [0, 0.1) is 0 Å². The van der Waals surface area contributed by atoms with Crippen LogP contribution in [0.3, 0.4) is 0 Å². The third kappa shape index (κ3) is 9.07. The maximum Gasteiger partial charge on any atom is 0.269 e. The zero-order valence-corrected chi connectivity index (χ0v) is 21.7. The van der Waals surface area contributed by atoms with Crippen LogP contribution in [0.4, 0.5) is 0 Å². The summed E-state index contributed by atoms with van der Waals surface area (Å²) in [5.41, 5.74) is 1.52. The van der Waals surface area contributed by atoms with Crippen molar-refractivity contribution < 1.29 is 4.79 Å². The number of aromatic amines is 1. The van der Waals surface area contributed by atoms with E-state index in [0.29, 0.717) is 25.3 Å². The normalized spacial score (nSPS) is 13.6. The minimum atomic E-state index is -0.107. The first-order chi connectivity index (χ1) is 17.1. The molecule has 3 heterocycles. The number of imidazole rings is 1. The van der Waals surface area contributed by atoms with E-state index in [-0.39, 0.29) is 5.91 Å². The number of pyridine rings is 1. The highest BCUT2D eigenvalue weighted by atomic mass is 16.1. The lowest BCUT2D eigenvalue weighted by molar-refractivity contribution is 0.0947. The quantitative estimate of drug-likeness (QED) is 0.358. The van der Waals surface area contributed by atoms with Crippen molar-refractivity contribution in [3.05, 3.63) is 47.8 Å². The van der Waals surface area contributed by atoms with Crippen LogP contribution in [-0.2, 0) is 13.1 Å². The van der Waals surface area contributed by atoms with Crippen LogP contribution in [-0.4, -0.2) is 94.3 Å². The van der Waals surface area contributed by atoms with Gasteiger partial charge < -0.3 is 20.1 Å². The Hall–Kier alpha value is -2.78. The monoisotopic (exact) mass is 482 g/mol. The van der Waals surface area contributed by atoms with Crippen molar-refractivity contribution in [1.29, 1.82) is 0 Å². The number of rotatable bonds is 16. The number of amidine groups is 1. The van der Waals surface area contributed by atoms with Crippen LogP contribution >= 0.6 is 0 Å². The minimum Gasteiger partial charge on any atom is -0.360 e. The minimum absolute atomic E-state index is 0.107. The number of nitrogens with zero attached hydrogens (tertiary/aromatic N) is 6. The van der Waals surface area contributed by atoms with Gasteiger partial charge in [0.2, 0.25) is 0 Å². The van der Waals surface area contributed by atoms with Gasteiger partial charge in [0.15, 0.2) is 0 Å². The van der Waals surface area contributed by atoms with Crippen LogP contribution in [0.15, 0.2) is 35.7 Å². The van der Waals surface area contributed by atoms with E-state index in [1.54, 1.807) is 12.4 Å². The van der Waals surface area contributed by atoms with Gasteiger partial charge in [-0.15, -0.1) is 0 Å². The van der Waals surface area contributed by atoms with E-state index in [4.69, 9.17) is 0 Å². The van der Waals surface area contributed by atoms with E-state index in [1.807, 2.05) is 18.3 Å². The summed E-state index contributed by atoms with van der Waals surface area (Å²) in [6.07, 6.45) is 9.86. The Balaban J connectivity index is 1.46. The van der Waals surface area contributed by atoms with Gasteiger partial charge >= 0.3 is 0 Å². The third-order valence-electron chi connectivity index (χ3n) is 6.19. The fourth-order valence-electron chi connectivity index (χ4n) is 4.34. The summed E-state index contributed by atoms with van der Waals surface area (Å²) in [6, 6.07) is 3.81. The SMILES string of the molecule is CCCN(CCC)CCCCNC(=O)c1ccc(CN(CC2=NCCN2C)Cc2ncc[nH]2)cn1. The van der Waals surface area contributed by atoms with E-state index in [2.05, 4.69) is 60.9 Å². The largest absolute Gasteiger partial charge is 0.360 e. The van der Waals surface area contributed by atoms with Gasteiger partial charge in [0.25, 0.3) is 5.91 Å². The molecule has 0 saturated carbocycles. The summed E-state index contributed by atoms with van der Waals surface area (Å²) in [7, 11) is 2.08. The molecule has 2 aromatic heterocycles. The standard InChI is InChI=1S/C26H42N8O/c1-4-14-33(15-5-2)16-7-6-10-30-26(35)23-9-8-22(18-31-23)19-34(20-24-27-11-12-28-24)21-25-29-13-17-32(25)3/h8-9,11-12,18H,4-7,10,13-17,19-21H2,1-3H3,(H,27,28)(H,30,35). The van der Waals surface area contributed by atoms with E-state index >= 15 is 0 Å². The number of H-pyrrole nitrogens is 1. The topological polar surface area (TPSA) is 92.8 Å². The Morgan fingerprint density at radius 3 is 2.51 bits per heavy atom. The number of carbonyl (C=O) groups excluding carboxylic acids is 1. The van der Waals surface area contributed by atoms with Crippen molar-refractivity contribution in [2.75, 3.05) is 52.9 Å². The molecular weight excluding hydrogens is 440 g/mol. The molecule has 0 aromatic carbocycles. The van der Waals surface area contributed by atoms with Gasteiger partial charge in [-0.3, -0.25) is 19.7 Å². The molecule has 0 fully saturated rings. The predicted octanol–water partition coefficient (Wildman–Crippen LogP) is 2.78. The number of likely N-dealkylation sites (N-methyl/N-ethyl adjacent to an activating group) is 1. The van der Waals surface area contributed by atoms with E-state index in [1.165, 1.54) is 12.8 Å². The first-order valence-corrected chi connectivity index (χ1v) is 13.0. The van der Waals surface area contributed by atoms with Crippen LogP contribution in [0.25, 0.3) is 0 Å². The smallest absolute Gasteiger partial charge is 0.269 e. The highest BCUT2D eigenvalue weighted by Crippen LogP contribution is 2.10. The first kappa shape index (κ1) is 26.8. The number of hydrogen-bond donors (Lipinski definition) is 2. The van der Waals surface area contributed by atoms with Crippen molar-refractivity contribution in [3.63, 3.8) is 0 Å². The maximum absolute atomic E-state index is 12.5. The second-order valence-electron chi connectivity index (χ2n) is 9.26. The molecule has 0 bridgehead atoms. The highest BCUT2D eigenvalue weighted by molar-refractivity contribution is 5.92. The molecule has 192 valence electrons. The molecule has 9 nitrogen and oxygen atoms in total. The van der Waals surface area contributed by atoms with E-state index < -0.39 is 0 Å². The summed E-state index contributed by atoms with van der Waals surface area (Å²) in [6.45, 7) is 12.5. The molecule has 0 unspecified atom stereocenters. The Morgan fingerprint density at radius 2 is 1.89 bits per heavy atom. The average molecular weight is 483 g/mol. The zero-order chi connectivity index (χ0) is 24.9. The number of amides is 1. The lowest BCUT2D eigenvalue weighted by Gasteiger charge is -2.24. The Morgan fingerprint density at radius 1 is 1.06 bits per heavy atom. The average Bonchev–Trinajstić information content (AvgIpc) is 3.51. The molecule has 0 saturated heterocycles. The molecule has 3 rings (SSSR count). The van der Waals surface area contributed by atoms with Crippen molar-refractivity contribution in [2.24, 2.45) is 4.99 Å². The molecule has 35 heavy (non-hydrogen) atoms. The summed E-state index contributed by atoms with van der Waals surface area (Å²) < 4.78 is 0. The fourth-order valence-corrected chi connectivity index (χ4v) is 4.34. The van der Waals surface area contributed by atoms with Crippen LogP contribution in [0.5, 0.6) is 0 Å².